The summed E-state index contributed by atoms with van der Waals surface area (Å²) >= 11 is 0. The van der Waals surface area contributed by atoms with Gasteiger partial charge >= 0.3 is 0 Å². The predicted molar refractivity (Wildman–Crippen MR) is 53.0 cm³/mol. The number of hydrogen-bond acceptors (Lipinski definition) is 3. The lowest BCUT2D eigenvalue weighted by Gasteiger charge is -2.46. The minimum absolute atomic E-state index is 0.0590. The third-order valence-corrected chi connectivity index (χ3v) is 4.04. The quantitative estimate of drug-likeness (QED) is 0.701. The second-order valence-corrected chi connectivity index (χ2v) is 4.83. The lowest BCUT2D eigenvalue weighted by molar-refractivity contribution is -0.163. The van der Waals surface area contributed by atoms with Crippen LogP contribution < -0.4 is 0 Å². The molecule has 0 radical (unpaired) electrons. The molecule has 1 atom stereocenters. The van der Waals surface area contributed by atoms with Gasteiger partial charge in [-0.2, -0.15) is 0 Å². The third kappa shape index (κ3) is 1.47. The average Bonchev–Trinajstić information content (AvgIpc) is 2.68. The summed E-state index contributed by atoms with van der Waals surface area (Å²) in [6.07, 6.45) is 5.69. The maximum atomic E-state index is 10.5. The minimum atomic E-state index is -0.665. The molecule has 0 aromatic carbocycles. The zero-order chi connectivity index (χ0) is 10.1. The van der Waals surface area contributed by atoms with Crippen LogP contribution in [0.2, 0.25) is 0 Å². The Labute approximate surface area is 85.1 Å². The highest BCUT2D eigenvalue weighted by Crippen LogP contribution is 2.47. The molecule has 0 spiro atoms. The van der Waals surface area contributed by atoms with Gasteiger partial charge in [0.25, 0.3) is 0 Å². The van der Waals surface area contributed by atoms with Gasteiger partial charge in [-0.25, -0.2) is 0 Å². The molecule has 1 saturated carbocycles. The van der Waals surface area contributed by atoms with Gasteiger partial charge in [0.15, 0.2) is 0 Å². The summed E-state index contributed by atoms with van der Waals surface area (Å²) in [6, 6.07) is 0. The Morgan fingerprint density at radius 2 is 1.79 bits per heavy atom. The van der Waals surface area contributed by atoms with Crippen molar-refractivity contribution in [1.82, 2.24) is 0 Å². The Morgan fingerprint density at radius 3 is 2.29 bits per heavy atom. The van der Waals surface area contributed by atoms with Crippen molar-refractivity contribution in [3.05, 3.63) is 0 Å². The van der Waals surface area contributed by atoms with Gasteiger partial charge in [0.1, 0.15) is 0 Å². The smallest absolute Gasteiger partial charge is 0.0747 e. The molecule has 3 nitrogen and oxygen atoms in total. The SMILES string of the molecule is OCC1(C2(O)CCCC2)CCCOC1. The second-order valence-electron chi connectivity index (χ2n) is 4.83. The number of ether oxygens (including phenoxy) is 1. The summed E-state index contributed by atoms with van der Waals surface area (Å²) in [4.78, 5) is 0. The van der Waals surface area contributed by atoms with Crippen molar-refractivity contribution in [2.24, 2.45) is 5.41 Å². The zero-order valence-corrected chi connectivity index (χ0v) is 8.67. The van der Waals surface area contributed by atoms with E-state index in [-0.39, 0.29) is 12.0 Å². The highest BCUT2D eigenvalue weighted by Gasteiger charge is 2.52. The first-order valence-electron chi connectivity index (χ1n) is 5.63. The standard InChI is InChI=1S/C11H20O3/c12-8-10(4-3-7-14-9-10)11(13)5-1-2-6-11/h12-13H,1-9H2. The Bertz CT molecular complexity index is 191. The third-order valence-electron chi connectivity index (χ3n) is 4.04. The van der Waals surface area contributed by atoms with E-state index in [2.05, 4.69) is 0 Å². The Balaban J connectivity index is 2.16. The zero-order valence-electron chi connectivity index (χ0n) is 8.67. The summed E-state index contributed by atoms with van der Waals surface area (Å²) < 4.78 is 5.43. The maximum absolute atomic E-state index is 10.5. The molecule has 1 heterocycles. The molecule has 2 aliphatic rings. The van der Waals surface area contributed by atoms with Crippen molar-refractivity contribution in [1.29, 1.82) is 0 Å². The molecule has 1 saturated heterocycles. The lowest BCUT2D eigenvalue weighted by Crippen LogP contribution is -2.53. The Morgan fingerprint density at radius 1 is 1.07 bits per heavy atom. The fourth-order valence-corrected chi connectivity index (χ4v) is 2.98. The molecular formula is C11H20O3. The lowest BCUT2D eigenvalue weighted by atomic mass is 9.68. The van der Waals surface area contributed by atoms with Crippen molar-refractivity contribution < 1.29 is 14.9 Å². The number of rotatable bonds is 2. The summed E-state index contributed by atoms with van der Waals surface area (Å²) in [6.45, 7) is 1.36. The van der Waals surface area contributed by atoms with Gasteiger partial charge in [-0.15, -0.1) is 0 Å². The van der Waals surface area contributed by atoms with Crippen LogP contribution in [0.1, 0.15) is 38.5 Å². The molecule has 14 heavy (non-hydrogen) atoms. The van der Waals surface area contributed by atoms with Crippen LogP contribution in [0.25, 0.3) is 0 Å². The van der Waals surface area contributed by atoms with Crippen LogP contribution in [0.15, 0.2) is 0 Å². The Hall–Kier alpha value is -0.120. The molecule has 2 rings (SSSR count). The van der Waals surface area contributed by atoms with Crippen LogP contribution >= 0.6 is 0 Å². The van der Waals surface area contributed by atoms with E-state index in [9.17, 15) is 10.2 Å². The van der Waals surface area contributed by atoms with E-state index in [4.69, 9.17) is 4.74 Å². The van der Waals surface area contributed by atoms with E-state index in [0.29, 0.717) is 6.61 Å². The number of aliphatic hydroxyl groups is 2. The fourth-order valence-electron chi connectivity index (χ4n) is 2.98. The van der Waals surface area contributed by atoms with E-state index in [1.165, 1.54) is 0 Å². The van der Waals surface area contributed by atoms with E-state index in [1.807, 2.05) is 0 Å². The summed E-state index contributed by atoms with van der Waals surface area (Å²) in [5.41, 5.74) is -1.04. The van der Waals surface area contributed by atoms with Crippen molar-refractivity contribution in [3.63, 3.8) is 0 Å². The van der Waals surface area contributed by atoms with Gasteiger partial charge in [-0.3, -0.25) is 0 Å². The van der Waals surface area contributed by atoms with E-state index in [0.717, 1.165) is 45.1 Å². The van der Waals surface area contributed by atoms with Gasteiger partial charge in [0.05, 0.1) is 18.8 Å². The summed E-state index contributed by atoms with van der Waals surface area (Å²) in [7, 11) is 0. The van der Waals surface area contributed by atoms with Crippen LogP contribution in [-0.2, 0) is 4.74 Å². The summed E-state index contributed by atoms with van der Waals surface area (Å²) in [5, 5.41) is 20.1. The fraction of sp³-hybridized carbons (Fsp3) is 1.00. The summed E-state index contributed by atoms with van der Waals surface area (Å²) in [5.74, 6) is 0. The average molecular weight is 200 g/mol. The molecule has 2 fully saturated rings. The van der Waals surface area contributed by atoms with Crippen molar-refractivity contribution in [2.75, 3.05) is 19.8 Å². The van der Waals surface area contributed by atoms with Crippen LogP contribution in [0.4, 0.5) is 0 Å². The molecule has 82 valence electrons. The molecule has 1 unspecified atom stereocenters. The molecular weight excluding hydrogens is 180 g/mol. The van der Waals surface area contributed by atoms with Gasteiger partial charge in [0, 0.05) is 12.0 Å². The molecule has 0 amide bonds. The topological polar surface area (TPSA) is 49.7 Å². The first-order valence-corrected chi connectivity index (χ1v) is 5.63. The first kappa shape index (κ1) is 10.4. The molecule has 0 aromatic heterocycles. The van der Waals surface area contributed by atoms with E-state index in [1.54, 1.807) is 0 Å². The van der Waals surface area contributed by atoms with Gasteiger partial charge in [0.2, 0.25) is 0 Å². The van der Waals surface area contributed by atoms with Crippen LogP contribution in [-0.4, -0.2) is 35.6 Å². The molecule has 1 aliphatic heterocycles. The maximum Gasteiger partial charge on any atom is 0.0747 e. The minimum Gasteiger partial charge on any atom is -0.396 e. The number of hydrogen-bond donors (Lipinski definition) is 2. The predicted octanol–water partition coefficient (Wildman–Crippen LogP) is 1.08. The van der Waals surface area contributed by atoms with E-state index >= 15 is 0 Å². The molecule has 1 aliphatic carbocycles. The van der Waals surface area contributed by atoms with Crippen molar-refractivity contribution in [2.45, 2.75) is 44.1 Å². The second kappa shape index (κ2) is 3.80. The first-order chi connectivity index (χ1) is 6.72. The largest absolute Gasteiger partial charge is 0.396 e. The van der Waals surface area contributed by atoms with Gasteiger partial charge in [-0.1, -0.05) is 12.8 Å². The molecule has 0 aromatic rings. The molecule has 2 N–H and O–H groups in total. The van der Waals surface area contributed by atoms with Crippen molar-refractivity contribution in [3.8, 4) is 0 Å². The normalized spacial score (nSPS) is 37.3. The molecule has 0 bridgehead atoms. The van der Waals surface area contributed by atoms with Crippen LogP contribution in [0.3, 0.4) is 0 Å². The number of aliphatic hydroxyl groups excluding tert-OH is 1. The Kier molecular flexibility index (Phi) is 2.82. The van der Waals surface area contributed by atoms with Gasteiger partial charge in [-0.05, 0) is 25.7 Å². The monoisotopic (exact) mass is 200 g/mol. The highest BCUT2D eigenvalue weighted by atomic mass is 16.5. The van der Waals surface area contributed by atoms with Crippen LogP contribution in [0, 0.1) is 5.41 Å². The molecule has 3 heteroatoms. The van der Waals surface area contributed by atoms with E-state index < -0.39 is 5.60 Å². The highest BCUT2D eigenvalue weighted by molar-refractivity contribution is 5.02. The van der Waals surface area contributed by atoms with Crippen LogP contribution in [0.5, 0.6) is 0 Å². The van der Waals surface area contributed by atoms with Crippen molar-refractivity contribution >= 4 is 0 Å². The van der Waals surface area contributed by atoms with Gasteiger partial charge < -0.3 is 14.9 Å².